The van der Waals surface area contributed by atoms with Crippen LogP contribution in [0.1, 0.15) is 48.4 Å². The summed E-state index contributed by atoms with van der Waals surface area (Å²) in [5.74, 6) is -1.43. The number of nitrogens with one attached hydrogen (secondary N) is 2. The molecule has 0 saturated carbocycles. The van der Waals surface area contributed by atoms with Crippen LogP contribution < -0.4 is 10.6 Å². The van der Waals surface area contributed by atoms with E-state index in [1.807, 2.05) is 66.7 Å². The Balaban J connectivity index is 1.35. The first-order chi connectivity index (χ1) is 16.9. The van der Waals surface area contributed by atoms with Crippen molar-refractivity contribution in [2.24, 2.45) is 0 Å². The van der Waals surface area contributed by atoms with Crippen molar-refractivity contribution in [1.29, 1.82) is 0 Å². The largest absolute Gasteiger partial charge is 0.481 e. The van der Waals surface area contributed by atoms with E-state index in [2.05, 4.69) is 22.8 Å². The number of carbonyl (C=O) groups is 3. The Hall–Kier alpha value is -4.13. The van der Waals surface area contributed by atoms with E-state index in [0.717, 1.165) is 27.8 Å². The van der Waals surface area contributed by atoms with E-state index in [0.29, 0.717) is 0 Å². The van der Waals surface area contributed by atoms with Gasteiger partial charge in [-0.15, -0.1) is 0 Å². The molecule has 4 rings (SSSR count). The maximum absolute atomic E-state index is 12.8. The Morgan fingerprint density at radius 2 is 1.43 bits per heavy atom. The van der Waals surface area contributed by atoms with E-state index in [4.69, 9.17) is 9.84 Å². The third-order valence-corrected chi connectivity index (χ3v) is 6.24. The number of benzene rings is 3. The van der Waals surface area contributed by atoms with Crippen LogP contribution in [-0.2, 0) is 14.3 Å². The summed E-state index contributed by atoms with van der Waals surface area (Å²) >= 11 is 0. The van der Waals surface area contributed by atoms with Crippen molar-refractivity contribution in [3.63, 3.8) is 0 Å². The van der Waals surface area contributed by atoms with Gasteiger partial charge in [-0.25, -0.2) is 4.79 Å². The highest BCUT2D eigenvalue weighted by molar-refractivity contribution is 5.85. The number of hydrogen-bond donors (Lipinski definition) is 3. The van der Waals surface area contributed by atoms with Crippen molar-refractivity contribution in [1.82, 2.24) is 10.6 Å². The number of hydrogen-bond acceptors (Lipinski definition) is 4. The van der Waals surface area contributed by atoms with Crippen LogP contribution in [0.15, 0.2) is 78.9 Å². The van der Waals surface area contributed by atoms with Crippen LogP contribution in [0.25, 0.3) is 11.1 Å². The molecule has 0 bridgehead atoms. The van der Waals surface area contributed by atoms with Gasteiger partial charge < -0.3 is 20.5 Å². The number of fused-ring (bicyclic) bond motifs is 3. The minimum Gasteiger partial charge on any atom is -0.481 e. The molecule has 1 aliphatic carbocycles. The Bertz CT molecular complexity index is 1170. The fraction of sp³-hybridized carbons (Fsp3) is 0.250. The fourth-order valence-corrected chi connectivity index (χ4v) is 4.45. The minimum atomic E-state index is -0.940. The summed E-state index contributed by atoms with van der Waals surface area (Å²) in [6.45, 7) is 1.72. The first-order valence-electron chi connectivity index (χ1n) is 11.6. The van der Waals surface area contributed by atoms with Gasteiger partial charge in [-0.1, -0.05) is 78.9 Å². The van der Waals surface area contributed by atoms with Crippen LogP contribution in [0.4, 0.5) is 4.79 Å². The lowest BCUT2D eigenvalue weighted by Crippen LogP contribution is -2.46. The Morgan fingerprint density at radius 1 is 0.857 bits per heavy atom. The monoisotopic (exact) mass is 472 g/mol. The molecule has 3 N–H and O–H groups in total. The molecular formula is C28H28N2O5. The molecule has 1 unspecified atom stereocenters. The molecule has 35 heavy (non-hydrogen) atoms. The second-order valence-corrected chi connectivity index (χ2v) is 8.60. The average molecular weight is 473 g/mol. The Kier molecular flexibility index (Phi) is 7.45. The summed E-state index contributed by atoms with van der Waals surface area (Å²) in [6, 6.07) is 24.0. The zero-order chi connectivity index (χ0) is 24.8. The molecular weight excluding hydrogens is 444 g/mol. The molecule has 0 aromatic heterocycles. The molecule has 2 amide bonds. The Morgan fingerprint density at radius 3 is 2.03 bits per heavy atom. The summed E-state index contributed by atoms with van der Waals surface area (Å²) in [7, 11) is 0. The SMILES string of the molecule is C[C@H](NC(=O)OCC1c2ccccc2-c2ccccc21)C(=O)NC(CCC(=O)O)c1ccccc1. The molecule has 0 spiro atoms. The van der Waals surface area contributed by atoms with Crippen molar-refractivity contribution in [3.05, 3.63) is 95.6 Å². The minimum absolute atomic E-state index is 0.0734. The van der Waals surface area contributed by atoms with E-state index in [1.54, 1.807) is 6.92 Å². The summed E-state index contributed by atoms with van der Waals surface area (Å²) < 4.78 is 5.52. The fourth-order valence-electron chi connectivity index (χ4n) is 4.45. The van der Waals surface area contributed by atoms with E-state index in [-0.39, 0.29) is 25.4 Å². The number of carboxylic acids is 1. The second-order valence-electron chi connectivity index (χ2n) is 8.60. The smallest absolute Gasteiger partial charge is 0.407 e. The average Bonchev–Trinajstić information content (AvgIpc) is 3.19. The summed E-state index contributed by atoms with van der Waals surface area (Å²) in [6.07, 6.45) is -0.534. The maximum atomic E-state index is 12.8. The molecule has 3 aromatic carbocycles. The summed E-state index contributed by atoms with van der Waals surface area (Å²) in [5, 5.41) is 14.5. The molecule has 2 atom stereocenters. The topological polar surface area (TPSA) is 105 Å². The maximum Gasteiger partial charge on any atom is 0.407 e. The zero-order valence-electron chi connectivity index (χ0n) is 19.4. The molecule has 3 aromatic rings. The molecule has 7 nitrogen and oxygen atoms in total. The van der Waals surface area contributed by atoms with Crippen LogP contribution in [0.3, 0.4) is 0 Å². The summed E-state index contributed by atoms with van der Waals surface area (Å²) in [4.78, 5) is 36.3. The van der Waals surface area contributed by atoms with E-state index in [1.165, 1.54) is 0 Å². The number of alkyl carbamates (subject to hydrolysis) is 1. The first kappa shape index (κ1) is 24.0. The van der Waals surface area contributed by atoms with Crippen molar-refractivity contribution < 1.29 is 24.2 Å². The van der Waals surface area contributed by atoms with Crippen molar-refractivity contribution in [2.75, 3.05) is 6.61 Å². The predicted molar refractivity (Wildman–Crippen MR) is 132 cm³/mol. The lowest BCUT2D eigenvalue weighted by atomic mass is 9.98. The molecule has 0 radical (unpaired) electrons. The highest BCUT2D eigenvalue weighted by Crippen LogP contribution is 2.44. The molecule has 1 aliphatic rings. The van der Waals surface area contributed by atoms with E-state index < -0.39 is 30.1 Å². The van der Waals surface area contributed by atoms with Gasteiger partial charge in [-0.3, -0.25) is 9.59 Å². The zero-order valence-corrected chi connectivity index (χ0v) is 19.4. The van der Waals surface area contributed by atoms with Crippen LogP contribution in [0.2, 0.25) is 0 Å². The van der Waals surface area contributed by atoms with Crippen molar-refractivity contribution >= 4 is 18.0 Å². The standard InChI is InChI=1S/C28H28N2O5/c1-18(27(33)30-25(15-16-26(31)32)19-9-3-2-4-10-19)29-28(34)35-17-24-22-13-7-5-11-20(22)21-12-6-8-14-23(21)24/h2-14,18,24-25H,15-17H2,1H3,(H,29,34)(H,30,33)(H,31,32)/t18-,25?/m0/s1. The number of rotatable bonds is 9. The van der Waals surface area contributed by atoms with Crippen LogP contribution >= 0.6 is 0 Å². The lowest BCUT2D eigenvalue weighted by molar-refractivity contribution is -0.137. The van der Waals surface area contributed by atoms with Crippen LogP contribution in [0, 0.1) is 0 Å². The van der Waals surface area contributed by atoms with Gasteiger partial charge >= 0.3 is 12.1 Å². The predicted octanol–water partition coefficient (Wildman–Crippen LogP) is 4.64. The van der Waals surface area contributed by atoms with Crippen molar-refractivity contribution in [3.8, 4) is 11.1 Å². The highest BCUT2D eigenvalue weighted by Gasteiger charge is 2.29. The molecule has 0 aliphatic heterocycles. The number of aliphatic carboxylic acids is 1. The van der Waals surface area contributed by atoms with Crippen LogP contribution in [-0.4, -0.2) is 35.7 Å². The van der Waals surface area contributed by atoms with Gasteiger partial charge in [-0.05, 0) is 41.2 Å². The van der Waals surface area contributed by atoms with Gasteiger partial charge in [0.1, 0.15) is 12.6 Å². The molecule has 0 saturated heterocycles. The van der Waals surface area contributed by atoms with Gasteiger partial charge in [0.25, 0.3) is 0 Å². The molecule has 180 valence electrons. The number of carbonyl (C=O) groups excluding carboxylic acids is 2. The molecule has 7 heteroatoms. The lowest BCUT2D eigenvalue weighted by Gasteiger charge is -2.22. The quantitative estimate of drug-likeness (QED) is 0.421. The van der Waals surface area contributed by atoms with Gasteiger partial charge in [0.05, 0.1) is 6.04 Å². The Labute approximate surface area is 204 Å². The molecule has 0 heterocycles. The van der Waals surface area contributed by atoms with Gasteiger partial charge in [0.15, 0.2) is 0 Å². The van der Waals surface area contributed by atoms with Crippen molar-refractivity contribution in [2.45, 2.75) is 37.8 Å². The highest BCUT2D eigenvalue weighted by atomic mass is 16.5. The van der Waals surface area contributed by atoms with E-state index >= 15 is 0 Å². The van der Waals surface area contributed by atoms with Gasteiger partial charge in [-0.2, -0.15) is 0 Å². The number of amides is 2. The first-order valence-corrected chi connectivity index (χ1v) is 11.6. The summed E-state index contributed by atoms with van der Waals surface area (Å²) in [5.41, 5.74) is 5.29. The van der Waals surface area contributed by atoms with Crippen LogP contribution in [0.5, 0.6) is 0 Å². The third-order valence-electron chi connectivity index (χ3n) is 6.24. The van der Waals surface area contributed by atoms with Gasteiger partial charge in [0, 0.05) is 12.3 Å². The van der Waals surface area contributed by atoms with E-state index in [9.17, 15) is 14.4 Å². The number of carboxylic acid groups (broad SMARTS) is 1. The molecule has 0 fully saturated rings. The second kappa shape index (κ2) is 10.9. The van der Waals surface area contributed by atoms with Gasteiger partial charge in [0.2, 0.25) is 5.91 Å². The number of ether oxygens (including phenoxy) is 1. The third kappa shape index (κ3) is 5.69. The normalized spacial score (nSPS) is 13.7.